The molecule has 2 fully saturated rings. The highest BCUT2D eigenvalue weighted by Crippen LogP contribution is 2.40. The first-order chi connectivity index (χ1) is 13.9. The fraction of sp³-hybridized carbons (Fsp3) is 0.579. The Labute approximate surface area is 169 Å². The largest absolute Gasteiger partial charge is 0.341 e. The van der Waals surface area contributed by atoms with E-state index in [1.54, 1.807) is 6.20 Å². The molecule has 3 aliphatic rings. The van der Waals surface area contributed by atoms with Crippen LogP contribution in [0, 0.1) is 11.7 Å². The number of anilines is 2. The zero-order valence-electron chi connectivity index (χ0n) is 16.2. The van der Waals surface area contributed by atoms with Crippen LogP contribution in [0.2, 0.25) is 0 Å². The first kappa shape index (κ1) is 18.7. The molecule has 10 heteroatoms. The minimum atomic E-state index is -3.33. The molecule has 0 aliphatic carbocycles. The van der Waals surface area contributed by atoms with Gasteiger partial charge >= 0.3 is 0 Å². The lowest BCUT2D eigenvalue weighted by molar-refractivity contribution is 0.441. The van der Waals surface area contributed by atoms with Crippen molar-refractivity contribution in [1.29, 1.82) is 0 Å². The molecule has 0 aromatic carbocycles. The fourth-order valence-electron chi connectivity index (χ4n) is 4.72. The van der Waals surface area contributed by atoms with Gasteiger partial charge in [-0.05, 0) is 18.8 Å². The van der Waals surface area contributed by atoms with E-state index in [1.165, 1.54) is 6.42 Å². The van der Waals surface area contributed by atoms with Crippen molar-refractivity contribution in [2.24, 2.45) is 5.92 Å². The quantitative estimate of drug-likeness (QED) is 0.725. The van der Waals surface area contributed by atoms with E-state index in [4.69, 9.17) is 4.98 Å². The normalized spacial score (nSPS) is 28.1. The summed E-state index contributed by atoms with van der Waals surface area (Å²) in [6.07, 6.45) is 6.20. The summed E-state index contributed by atoms with van der Waals surface area (Å²) in [6.45, 7) is 4.80. The Hall–Kier alpha value is -2.36. The molecule has 0 N–H and O–H groups in total. The lowest BCUT2D eigenvalue weighted by atomic mass is 9.99. The molecule has 5 heterocycles. The Morgan fingerprint density at radius 3 is 2.55 bits per heavy atom. The van der Waals surface area contributed by atoms with Crippen molar-refractivity contribution in [2.75, 3.05) is 36.0 Å². The van der Waals surface area contributed by atoms with Crippen LogP contribution in [-0.2, 0) is 15.6 Å². The van der Waals surface area contributed by atoms with Crippen LogP contribution in [0.5, 0.6) is 0 Å². The number of aromatic nitrogens is 4. The van der Waals surface area contributed by atoms with Crippen LogP contribution in [0.4, 0.5) is 16.3 Å². The lowest BCUT2D eigenvalue weighted by Crippen LogP contribution is -2.38. The summed E-state index contributed by atoms with van der Waals surface area (Å²) in [5.74, 6) is 0.798. The molecule has 2 aromatic rings. The molecule has 0 radical (unpaired) electrons. The van der Waals surface area contributed by atoms with E-state index in [-0.39, 0.29) is 18.2 Å². The van der Waals surface area contributed by atoms with Crippen LogP contribution < -0.4 is 9.80 Å². The SMILES string of the molecule is CC1CCCN(c2ncc3c(n2)[C@H]2CN(c4ncc(F)cn4)C[C@H]2S(=O)(=O)C3)C1. The van der Waals surface area contributed by atoms with E-state index in [1.807, 2.05) is 4.90 Å². The van der Waals surface area contributed by atoms with Gasteiger partial charge in [0.2, 0.25) is 11.9 Å². The molecule has 0 spiro atoms. The van der Waals surface area contributed by atoms with Crippen molar-refractivity contribution in [3.05, 3.63) is 35.7 Å². The van der Waals surface area contributed by atoms with E-state index in [0.29, 0.717) is 29.9 Å². The minimum Gasteiger partial charge on any atom is -0.341 e. The lowest BCUT2D eigenvalue weighted by Gasteiger charge is -2.32. The molecule has 0 saturated carbocycles. The summed E-state index contributed by atoms with van der Waals surface area (Å²) in [7, 11) is -3.33. The third-order valence-corrected chi connectivity index (χ3v) is 8.26. The average Bonchev–Trinajstić information content (AvgIpc) is 3.15. The van der Waals surface area contributed by atoms with Gasteiger partial charge < -0.3 is 9.80 Å². The standard InChI is InChI=1S/C19H23FN6O2S/c1-12-3-2-4-25(8-12)19-21-5-13-11-29(27,28)16-10-26(9-15(16)17(13)24-19)18-22-6-14(20)7-23-18/h5-7,12,15-16H,2-4,8-11H2,1H3/t12?,15-,16+/m0/s1. The number of piperidine rings is 1. The first-order valence-corrected chi connectivity index (χ1v) is 11.7. The Morgan fingerprint density at radius 2 is 1.79 bits per heavy atom. The molecule has 29 heavy (non-hydrogen) atoms. The Bertz CT molecular complexity index is 1030. The van der Waals surface area contributed by atoms with Gasteiger partial charge in [0.1, 0.15) is 0 Å². The average molecular weight is 418 g/mol. The van der Waals surface area contributed by atoms with Crippen LogP contribution in [-0.4, -0.2) is 59.8 Å². The monoisotopic (exact) mass is 418 g/mol. The highest BCUT2D eigenvalue weighted by atomic mass is 32.2. The number of fused-ring (bicyclic) bond motifs is 3. The Balaban J connectivity index is 1.49. The van der Waals surface area contributed by atoms with Gasteiger partial charge in [0.15, 0.2) is 15.7 Å². The van der Waals surface area contributed by atoms with Gasteiger partial charge in [0.25, 0.3) is 0 Å². The van der Waals surface area contributed by atoms with Gasteiger partial charge in [-0.25, -0.2) is 32.7 Å². The molecular formula is C19H23FN6O2S. The predicted molar refractivity (Wildman–Crippen MR) is 106 cm³/mol. The van der Waals surface area contributed by atoms with Crippen molar-refractivity contribution >= 4 is 21.7 Å². The van der Waals surface area contributed by atoms with E-state index in [9.17, 15) is 12.8 Å². The van der Waals surface area contributed by atoms with Crippen LogP contribution in [0.3, 0.4) is 0 Å². The third-order valence-electron chi connectivity index (χ3n) is 6.15. The maximum Gasteiger partial charge on any atom is 0.225 e. The highest BCUT2D eigenvalue weighted by molar-refractivity contribution is 7.91. The molecule has 154 valence electrons. The molecule has 1 unspecified atom stereocenters. The number of rotatable bonds is 2. The van der Waals surface area contributed by atoms with Gasteiger partial charge in [-0.15, -0.1) is 0 Å². The maximum atomic E-state index is 13.2. The molecule has 3 aliphatic heterocycles. The summed E-state index contributed by atoms with van der Waals surface area (Å²) in [5.41, 5.74) is 1.50. The molecule has 5 rings (SSSR count). The predicted octanol–water partition coefficient (Wildman–Crippen LogP) is 1.54. The first-order valence-electron chi connectivity index (χ1n) is 9.95. The topological polar surface area (TPSA) is 92.2 Å². The second-order valence-electron chi connectivity index (χ2n) is 8.33. The van der Waals surface area contributed by atoms with Crippen molar-refractivity contribution in [1.82, 2.24) is 19.9 Å². The molecule has 0 amide bonds. The van der Waals surface area contributed by atoms with Crippen molar-refractivity contribution in [2.45, 2.75) is 36.7 Å². The van der Waals surface area contributed by atoms with E-state index < -0.39 is 20.9 Å². The second kappa shape index (κ2) is 6.86. The smallest absolute Gasteiger partial charge is 0.225 e. The van der Waals surface area contributed by atoms with E-state index in [0.717, 1.165) is 37.6 Å². The number of halogens is 1. The van der Waals surface area contributed by atoms with Gasteiger partial charge in [-0.2, -0.15) is 0 Å². The molecular weight excluding hydrogens is 395 g/mol. The van der Waals surface area contributed by atoms with Crippen LogP contribution in [0.15, 0.2) is 18.6 Å². The minimum absolute atomic E-state index is 0.0434. The Kier molecular flexibility index (Phi) is 4.41. The third kappa shape index (κ3) is 3.33. The highest BCUT2D eigenvalue weighted by Gasteiger charge is 2.48. The second-order valence-corrected chi connectivity index (χ2v) is 10.6. The van der Waals surface area contributed by atoms with Gasteiger partial charge in [0, 0.05) is 43.9 Å². The summed E-state index contributed by atoms with van der Waals surface area (Å²) < 4.78 is 39.0. The summed E-state index contributed by atoms with van der Waals surface area (Å²) >= 11 is 0. The zero-order chi connectivity index (χ0) is 20.2. The molecule has 3 atom stereocenters. The summed E-state index contributed by atoms with van der Waals surface area (Å²) in [4.78, 5) is 21.4. The number of hydrogen-bond donors (Lipinski definition) is 0. The number of nitrogens with zero attached hydrogens (tertiary/aromatic N) is 6. The molecule has 2 saturated heterocycles. The van der Waals surface area contributed by atoms with Gasteiger partial charge in [0.05, 0.1) is 29.1 Å². The zero-order valence-corrected chi connectivity index (χ0v) is 17.0. The fourth-order valence-corrected chi connectivity index (χ4v) is 6.71. The summed E-state index contributed by atoms with van der Waals surface area (Å²) in [6, 6.07) is 0. The van der Waals surface area contributed by atoms with Crippen molar-refractivity contribution < 1.29 is 12.8 Å². The van der Waals surface area contributed by atoms with Crippen LogP contribution in [0.1, 0.15) is 36.9 Å². The van der Waals surface area contributed by atoms with Crippen LogP contribution in [0.25, 0.3) is 0 Å². The Morgan fingerprint density at radius 1 is 1.03 bits per heavy atom. The number of hydrogen-bond acceptors (Lipinski definition) is 8. The van der Waals surface area contributed by atoms with Crippen molar-refractivity contribution in [3.63, 3.8) is 0 Å². The van der Waals surface area contributed by atoms with Crippen LogP contribution >= 0.6 is 0 Å². The van der Waals surface area contributed by atoms with Gasteiger partial charge in [-0.3, -0.25) is 0 Å². The van der Waals surface area contributed by atoms with Gasteiger partial charge in [-0.1, -0.05) is 6.92 Å². The maximum absolute atomic E-state index is 13.2. The number of sulfone groups is 1. The molecule has 2 aromatic heterocycles. The van der Waals surface area contributed by atoms with E-state index in [2.05, 4.69) is 26.8 Å². The molecule has 8 nitrogen and oxygen atoms in total. The van der Waals surface area contributed by atoms with E-state index >= 15 is 0 Å². The summed E-state index contributed by atoms with van der Waals surface area (Å²) in [5, 5.41) is -0.563. The molecule has 0 bridgehead atoms. The van der Waals surface area contributed by atoms with Crippen molar-refractivity contribution in [3.8, 4) is 0 Å².